The number of rotatable bonds is 4. The summed E-state index contributed by atoms with van der Waals surface area (Å²) in [5, 5.41) is 12.4. The standard InChI is InChI=1S/C12H16ClNO3/c1-12(2,7-17-3)14-11(16)9-6-8(15)4-5-10(9)13/h4-6,15H,7H2,1-3H3,(H,14,16). The minimum atomic E-state index is -0.499. The molecule has 0 radical (unpaired) electrons. The minimum absolute atomic E-state index is 0.00379. The summed E-state index contributed by atoms with van der Waals surface area (Å²) in [7, 11) is 1.56. The zero-order valence-corrected chi connectivity index (χ0v) is 10.8. The van der Waals surface area contributed by atoms with Gasteiger partial charge in [-0.3, -0.25) is 4.79 Å². The lowest BCUT2D eigenvalue weighted by Gasteiger charge is -2.25. The van der Waals surface area contributed by atoms with Crippen molar-refractivity contribution < 1.29 is 14.6 Å². The monoisotopic (exact) mass is 257 g/mol. The molecule has 0 unspecified atom stereocenters. The molecule has 1 aromatic carbocycles. The van der Waals surface area contributed by atoms with Crippen LogP contribution >= 0.6 is 11.6 Å². The largest absolute Gasteiger partial charge is 0.508 e. The Labute approximate surface area is 106 Å². The average molecular weight is 258 g/mol. The first-order chi connectivity index (χ1) is 7.85. The van der Waals surface area contributed by atoms with E-state index in [0.29, 0.717) is 11.6 Å². The molecule has 1 aromatic rings. The molecule has 2 N–H and O–H groups in total. The summed E-state index contributed by atoms with van der Waals surface area (Å²) in [6, 6.07) is 4.25. The maximum absolute atomic E-state index is 11.9. The van der Waals surface area contributed by atoms with Gasteiger partial charge in [-0.25, -0.2) is 0 Å². The summed E-state index contributed by atoms with van der Waals surface area (Å²) in [4.78, 5) is 11.9. The molecule has 0 bridgehead atoms. The summed E-state index contributed by atoms with van der Waals surface area (Å²) >= 11 is 5.89. The number of benzene rings is 1. The second-order valence-corrected chi connectivity index (χ2v) is 4.84. The molecule has 94 valence electrons. The number of carbonyl (C=O) groups is 1. The summed E-state index contributed by atoms with van der Waals surface area (Å²) < 4.78 is 5.00. The maximum Gasteiger partial charge on any atom is 0.253 e. The quantitative estimate of drug-likeness (QED) is 0.869. The molecule has 1 amide bonds. The number of carbonyl (C=O) groups excluding carboxylic acids is 1. The maximum atomic E-state index is 11.9. The molecule has 0 atom stereocenters. The van der Waals surface area contributed by atoms with Gasteiger partial charge in [0.15, 0.2) is 0 Å². The van der Waals surface area contributed by atoms with Crippen LogP contribution < -0.4 is 5.32 Å². The van der Waals surface area contributed by atoms with Gasteiger partial charge in [0.2, 0.25) is 0 Å². The molecule has 0 aliphatic heterocycles. The van der Waals surface area contributed by atoms with E-state index in [1.54, 1.807) is 7.11 Å². The molecule has 0 aliphatic rings. The van der Waals surface area contributed by atoms with Crippen LogP contribution in [0.15, 0.2) is 18.2 Å². The lowest BCUT2D eigenvalue weighted by atomic mass is 10.1. The van der Waals surface area contributed by atoms with Gasteiger partial charge in [-0.2, -0.15) is 0 Å². The van der Waals surface area contributed by atoms with E-state index >= 15 is 0 Å². The van der Waals surface area contributed by atoms with Crippen molar-refractivity contribution in [1.82, 2.24) is 5.32 Å². The predicted molar refractivity (Wildman–Crippen MR) is 66.5 cm³/mol. The Balaban J connectivity index is 2.86. The summed E-state index contributed by atoms with van der Waals surface area (Å²) in [5.41, 5.74) is -0.253. The second-order valence-electron chi connectivity index (χ2n) is 4.44. The highest BCUT2D eigenvalue weighted by molar-refractivity contribution is 6.33. The smallest absolute Gasteiger partial charge is 0.253 e. The molecule has 0 spiro atoms. The lowest BCUT2D eigenvalue weighted by molar-refractivity contribution is 0.0820. The van der Waals surface area contributed by atoms with E-state index < -0.39 is 5.54 Å². The Bertz CT molecular complexity index is 418. The van der Waals surface area contributed by atoms with Gasteiger partial charge in [0.05, 0.1) is 22.7 Å². The SMILES string of the molecule is COCC(C)(C)NC(=O)c1cc(O)ccc1Cl. The fourth-order valence-corrected chi connectivity index (χ4v) is 1.66. The van der Waals surface area contributed by atoms with E-state index in [2.05, 4.69) is 5.32 Å². The van der Waals surface area contributed by atoms with Crippen molar-refractivity contribution in [3.63, 3.8) is 0 Å². The molecule has 4 nitrogen and oxygen atoms in total. The van der Waals surface area contributed by atoms with Crippen LogP contribution in [0.25, 0.3) is 0 Å². The molecule has 5 heteroatoms. The summed E-state index contributed by atoms with van der Waals surface area (Å²) in [6.45, 7) is 4.06. The van der Waals surface area contributed by atoms with Gasteiger partial charge in [-0.1, -0.05) is 11.6 Å². The highest BCUT2D eigenvalue weighted by atomic mass is 35.5. The number of nitrogens with one attached hydrogen (secondary N) is 1. The predicted octanol–water partition coefficient (Wildman–Crippen LogP) is 2.20. The first-order valence-electron chi connectivity index (χ1n) is 5.16. The van der Waals surface area contributed by atoms with E-state index in [1.807, 2.05) is 13.8 Å². The number of ether oxygens (including phenoxy) is 1. The summed E-state index contributed by atoms with van der Waals surface area (Å²) in [5.74, 6) is -0.336. The number of methoxy groups -OCH3 is 1. The van der Waals surface area contributed by atoms with Gasteiger partial charge in [0.25, 0.3) is 5.91 Å². The van der Waals surface area contributed by atoms with E-state index in [4.69, 9.17) is 16.3 Å². The molecule has 0 fully saturated rings. The Morgan fingerprint density at radius 2 is 2.18 bits per heavy atom. The van der Waals surface area contributed by atoms with Crippen molar-refractivity contribution in [2.75, 3.05) is 13.7 Å². The highest BCUT2D eigenvalue weighted by Gasteiger charge is 2.22. The van der Waals surface area contributed by atoms with Gasteiger partial charge in [-0.15, -0.1) is 0 Å². The van der Waals surface area contributed by atoms with Crippen LogP contribution in [0.5, 0.6) is 5.75 Å². The molecule has 1 rings (SSSR count). The van der Waals surface area contributed by atoms with Crippen molar-refractivity contribution in [3.8, 4) is 5.75 Å². The van der Waals surface area contributed by atoms with Crippen molar-refractivity contribution >= 4 is 17.5 Å². The fraction of sp³-hybridized carbons (Fsp3) is 0.417. The number of phenolic OH excluding ortho intramolecular Hbond substituents is 1. The Hall–Kier alpha value is -1.26. The van der Waals surface area contributed by atoms with Crippen LogP contribution in [-0.2, 0) is 4.74 Å². The third-order valence-corrected chi connectivity index (χ3v) is 2.48. The van der Waals surface area contributed by atoms with Gasteiger partial charge < -0.3 is 15.2 Å². The third kappa shape index (κ3) is 3.91. The Morgan fingerprint density at radius 1 is 1.53 bits per heavy atom. The number of amides is 1. The minimum Gasteiger partial charge on any atom is -0.508 e. The summed E-state index contributed by atoms with van der Waals surface area (Å²) in [6.07, 6.45) is 0. The van der Waals surface area contributed by atoms with E-state index in [0.717, 1.165) is 0 Å². The van der Waals surface area contributed by atoms with Crippen LogP contribution in [0.4, 0.5) is 0 Å². The number of halogens is 1. The zero-order valence-electron chi connectivity index (χ0n) is 10.1. The molecule has 0 heterocycles. The molecular weight excluding hydrogens is 242 g/mol. The van der Waals surface area contributed by atoms with Crippen molar-refractivity contribution in [2.24, 2.45) is 0 Å². The average Bonchev–Trinajstić information content (AvgIpc) is 2.20. The van der Waals surface area contributed by atoms with Crippen LogP contribution in [0.3, 0.4) is 0 Å². The molecule has 0 aliphatic carbocycles. The van der Waals surface area contributed by atoms with Gasteiger partial charge in [0, 0.05) is 7.11 Å². The topological polar surface area (TPSA) is 58.6 Å². The van der Waals surface area contributed by atoms with Gasteiger partial charge >= 0.3 is 0 Å². The zero-order chi connectivity index (χ0) is 13.1. The van der Waals surface area contributed by atoms with E-state index in [9.17, 15) is 9.90 Å². The lowest BCUT2D eigenvalue weighted by Crippen LogP contribution is -2.46. The first-order valence-corrected chi connectivity index (χ1v) is 5.53. The van der Waals surface area contributed by atoms with Crippen molar-refractivity contribution in [1.29, 1.82) is 0 Å². The van der Waals surface area contributed by atoms with Crippen LogP contribution in [0, 0.1) is 0 Å². The normalized spacial score (nSPS) is 11.3. The number of phenols is 1. The van der Waals surface area contributed by atoms with Crippen molar-refractivity contribution in [2.45, 2.75) is 19.4 Å². The van der Waals surface area contributed by atoms with Crippen LogP contribution in [0.1, 0.15) is 24.2 Å². The van der Waals surface area contributed by atoms with Crippen LogP contribution in [-0.4, -0.2) is 30.3 Å². The first kappa shape index (κ1) is 13.8. The molecule has 0 aromatic heterocycles. The van der Waals surface area contributed by atoms with Gasteiger partial charge in [-0.05, 0) is 32.0 Å². The molecule has 17 heavy (non-hydrogen) atoms. The fourth-order valence-electron chi connectivity index (χ4n) is 1.46. The molecular formula is C12H16ClNO3. The number of aromatic hydroxyl groups is 1. The number of hydrogen-bond donors (Lipinski definition) is 2. The van der Waals surface area contributed by atoms with E-state index in [1.165, 1.54) is 18.2 Å². The third-order valence-electron chi connectivity index (χ3n) is 2.15. The highest BCUT2D eigenvalue weighted by Crippen LogP contribution is 2.21. The molecule has 0 saturated heterocycles. The number of hydrogen-bond acceptors (Lipinski definition) is 3. The van der Waals surface area contributed by atoms with E-state index in [-0.39, 0.29) is 17.2 Å². The van der Waals surface area contributed by atoms with Crippen LogP contribution in [0.2, 0.25) is 5.02 Å². The Morgan fingerprint density at radius 3 is 2.76 bits per heavy atom. The Kier molecular flexibility index (Phi) is 4.37. The molecule has 0 saturated carbocycles. The van der Waals surface area contributed by atoms with Crippen molar-refractivity contribution in [3.05, 3.63) is 28.8 Å². The second kappa shape index (κ2) is 5.38. The van der Waals surface area contributed by atoms with Gasteiger partial charge in [0.1, 0.15) is 5.75 Å².